The summed E-state index contributed by atoms with van der Waals surface area (Å²) in [5.74, 6) is 0.267. The van der Waals surface area contributed by atoms with Crippen LogP contribution < -0.4 is 5.32 Å². The number of nitrogens with zero attached hydrogens (tertiary/aromatic N) is 1. The molecule has 1 aromatic heterocycles. The molecule has 0 bridgehead atoms. The van der Waals surface area contributed by atoms with Gasteiger partial charge in [-0.15, -0.1) is 0 Å². The molecule has 0 radical (unpaired) electrons. The first-order valence-electron chi connectivity index (χ1n) is 5.24. The monoisotopic (exact) mass is 224 g/mol. The molecule has 1 saturated heterocycles. The Hall–Kier alpha value is -0.870. The number of hydrogen-bond donors (Lipinski definition) is 1. The maximum atomic E-state index is 11.3. The number of hydrogen-bond acceptors (Lipinski definition) is 3. The lowest BCUT2D eigenvalue weighted by atomic mass is 10.1. The average molecular weight is 224 g/mol. The zero-order valence-electron chi connectivity index (χ0n) is 8.90. The van der Waals surface area contributed by atoms with Gasteiger partial charge in [-0.2, -0.15) is 11.3 Å². The largest absolute Gasteiger partial charge is 0.344 e. The van der Waals surface area contributed by atoms with Crippen LogP contribution in [-0.2, 0) is 11.3 Å². The van der Waals surface area contributed by atoms with Crippen molar-refractivity contribution in [1.82, 2.24) is 10.2 Å². The molecule has 1 aromatic rings. The molecule has 1 fully saturated rings. The van der Waals surface area contributed by atoms with Gasteiger partial charge >= 0.3 is 0 Å². The zero-order chi connectivity index (χ0) is 10.7. The van der Waals surface area contributed by atoms with Crippen LogP contribution in [0, 0.1) is 0 Å². The van der Waals surface area contributed by atoms with Gasteiger partial charge in [0.2, 0.25) is 5.91 Å². The van der Waals surface area contributed by atoms with Crippen LogP contribution in [0.2, 0.25) is 0 Å². The van der Waals surface area contributed by atoms with E-state index in [0.29, 0.717) is 12.5 Å². The van der Waals surface area contributed by atoms with E-state index in [9.17, 15) is 4.79 Å². The minimum absolute atomic E-state index is 0.267. The first-order chi connectivity index (χ1) is 7.25. The predicted octanol–water partition coefficient (Wildman–Crippen LogP) is 1.46. The molecule has 1 unspecified atom stereocenters. The first-order valence-corrected chi connectivity index (χ1v) is 6.18. The number of nitrogens with one attached hydrogen (secondary N) is 1. The van der Waals surface area contributed by atoms with Gasteiger partial charge in [0.15, 0.2) is 0 Å². The normalized spacial score (nSPS) is 22.1. The Labute approximate surface area is 94.1 Å². The fourth-order valence-electron chi connectivity index (χ4n) is 1.83. The van der Waals surface area contributed by atoms with E-state index in [1.165, 1.54) is 5.56 Å². The second kappa shape index (κ2) is 4.77. The minimum atomic E-state index is 0.267. The fraction of sp³-hybridized carbons (Fsp3) is 0.545. The molecule has 0 saturated carbocycles. The van der Waals surface area contributed by atoms with E-state index in [4.69, 9.17) is 0 Å². The molecule has 1 N–H and O–H groups in total. The van der Waals surface area contributed by atoms with E-state index >= 15 is 0 Å². The third-order valence-corrected chi connectivity index (χ3v) is 3.53. The van der Waals surface area contributed by atoms with Crippen LogP contribution in [0.3, 0.4) is 0 Å². The number of carbonyl (C=O) groups excluding carboxylic acids is 1. The van der Waals surface area contributed by atoms with Gasteiger partial charge in [0.1, 0.15) is 0 Å². The van der Waals surface area contributed by atoms with Crippen LogP contribution in [0.25, 0.3) is 0 Å². The van der Waals surface area contributed by atoms with E-state index in [1.807, 2.05) is 11.9 Å². The van der Waals surface area contributed by atoms with Crippen molar-refractivity contribution < 1.29 is 4.79 Å². The summed E-state index contributed by atoms with van der Waals surface area (Å²) in [6.45, 7) is 1.75. The molecule has 1 aliphatic heterocycles. The van der Waals surface area contributed by atoms with Crippen LogP contribution in [0.5, 0.6) is 0 Å². The van der Waals surface area contributed by atoms with Crippen molar-refractivity contribution in [3.05, 3.63) is 22.4 Å². The van der Waals surface area contributed by atoms with Gasteiger partial charge in [-0.25, -0.2) is 0 Å². The number of carbonyl (C=O) groups is 1. The van der Waals surface area contributed by atoms with E-state index in [-0.39, 0.29) is 5.91 Å². The minimum Gasteiger partial charge on any atom is -0.344 e. The Kier molecular flexibility index (Phi) is 3.38. The summed E-state index contributed by atoms with van der Waals surface area (Å²) in [4.78, 5) is 13.1. The summed E-state index contributed by atoms with van der Waals surface area (Å²) in [7, 11) is 1.88. The van der Waals surface area contributed by atoms with Crippen LogP contribution >= 0.6 is 11.3 Å². The summed E-state index contributed by atoms with van der Waals surface area (Å²) < 4.78 is 0. The van der Waals surface area contributed by atoms with Crippen molar-refractivity contribution in [3.63, 3.8) is 0 Å². The van der Waals surface area contributed by atoms with Crippen LogP contribution in [0.1, 0.15) is 18.4 Å². The molecule has 0 aromatic carbocycles. The SMILES string of the molecule is CN1CC(NCc2ccsc2)CCC1=O. The Morgan fingerprint density at radius 3 is 3.20 bits per heavy atom. The molecule has 15 heavy (non-hydrogen) atoms. The van der Waals surface area contributed by atoms with E-state index in [2.05, 4.69) is 22.1 Å². The summed E-state index contributed by atoms with van der Waals surface area (Å²) in [5, 5.41) is 7.74. The van der Waals surface area contributed by atoms with Gasteiger partial charge < -0.3 is 10.2 Å². The van der Waals surface area contributed by atoms with Gasteiger partial charge in [-0.3, -0.25) is 4.79 Å². The Bertz CT molecular complexity index is 323. The van der Waals surface area contributed by atoms with Crippen molar-refractivity contribution in [2.24, 2.45) is 0 Å². The highest BCUT2D eigenvalue weighted by Gasteiger charge is 2.21. The average Bonchev–Trinajstić information content (AvgIpc) is 2.73. The second-order valence-electron chi connectivity index (χ2n) is 4.02. The predicted molar refractivity (Wildman–Crippen MR) is 61.8 cm³/mol. The number of rotatable bonds is 3. The number of amides is 1. The lowest BCUT2D eigenvalue weighted by molar-refractivity contribution is -0.132. The second-order valence-corrected chi connectivity index (χ2v) is 4.80. The molecule has 0 aliphatic carbocycles. The maximum absolute atomic E-state index is 11.3. The van der Waals surface area contributed by atoms with Crippen molar-refractivity contribution in [2.45, 2.75) is 25.4 Å². The van der Waals surface area contributed by atoms with Crippen molar-refractivity contribution >= 4 is 17.2 Å². The molecule has 3 nitrogen and oxygen atoms in total. The Balaban J connectivity index is 1.78. The zero-order valence-corrected chi connectivity index (χ0v) is 9.72. The molecule has 4 heteroatoms. The highest BCUT2D eigenvalue weighted by Crippen LogP contribution is 2.11. The van der Waals surface area contributed by atoms with E-state index < -0.39 is 0 Å². The maximum Gasteiger partial charge on any atom is 0.222 e. The highest BCUT2D eigenvalue weighted by molar-refractivity contribution is 7.07. The number of thiophene rings is 1. The Morgan fingerprint density at radius 1 is 1.67 bits per heavy atom. The number of piperidine rings is 1. The first kappa shape index (κ1) is 10.6. The van der Waals surface area contributed by atoms with Crippen LogP contribution in [0.15, 0.2) is 16.8 Å². The lowest BCUT2D eigenvalue weighted by Crippen LogP contribution is -2.46. The molecule has 1 aliphatic rings. The van der Waals surface area contributed by atoms with Crippen molar-refractivity contribution in [1.29, 1.82) is 0 Å². The van der Waals surface area contributed by atoms with Gasteiger partial charge in [-0.05, 0) is 28.8 Å². The molecular formula is C11H16N2OS. The molecule has 1 amide bonds. The Morgan fingerprint density at radius 2 is 2.53 bits per heavy atom. The summed E-state index contributed by atoms with van der Waals surface area (Å²) in [6.07, 6.45) is 1.64. The molecule has 0 spiro atoms. The van der Waals surface area contributed by atoms with Crippen molar-refractivity contribution in [2.75, 3.05) is 13.6 Å². The van der Waals surface area contributed by atoms with Crippen LogP contribution in [-0.4, -0.2) is 30.4 Å². The third-order valence-electron chi connectivity index (χ3n) is 2.80. The highest BCUT2D eigenvalue weighted by atomic mass is 32.1. The lowest BCUT2D eigenvalue weighted by Gasteiger charge is -2.30. The molecule has 2 heterocycles. The third kappa shape index (κ3) is 2.79. The van der Waals surface area contributed by atoms with Gasteiger partial charge in [0, 0.05) is 32.6 Å². The quantitative estimate of drug-likeness (QED) is 0.843. The number of likely N-dealkylation sites (N-methyl/N-ethyl adjacent to an activating group) is 1. The van der Waals surface area contributed by atoms with Gasteiger partial charge in [-0.1, -0.05) is 0 Å². The molecule has 82 valence electrons. The van der Waals surface area contributed by atoms with Crippen LogP contribution in [0.4, 0.5) is 0 Å². The van der Waals surface area contributed by atoms with E-state index in [1.54, 1.807) is 11.3 Å². The number of likely N-dealkylation sites (tertiary alicyclic amines) is 1. The standard InChI is InChI=1S/C11H16N2OS/c1-13-7-10(2-3-11(13)14)12-6-9-4-5-15-8-9/h4-5,8,10,12H,2-3,6-7H2,1H3. The summed E-state index contributed by atoms with van der Waals surface area (Å²) >= 11 is 1.72. The smallest absolute Gasteiger partial charge is 0.222 e. The topological polar surface area (TPSA) is 32.3 Å². The fourth-order valence-corrected chi connectivity index (χ4v) is 2.50. The van der Waals surface area contributed by atoms with Gasteiger partial charge in [0.25, 0.3) is 0 Å². The molecule has 1 atom stereocenters. The summed E-state index contributed by atoms with van der Waals surface area (Å²) in [6, 6.07) is 2.59. The van der Waals surface area contributed by atoms with E-state index in [0.717, 1.165) is 19.5 Å². The molecule has 2 rings (SSSR count). The summed E-state index contributed by atoms with van der Waals surface area (Å²) in [5.41, 5.74) is 1.33. The van der Waals surface area contributed by atoms with Crippen molar-refractivity contribution in [3.8, 4) is 0 Å². The van der Waals surface area contributed by atoms with Gasteiger partial charge in [0.05, 0.1) is 0 Å². The molecular weight excluding hydrogens is 208 g/mol.